The molecular weight excluding hydrogens is 803 g/mol. The molecule has 3 atom stereocenters. The minimum absolute atomic E-state index is 0.0669. The van der Waals surface area contributed by atoms with Gasteiger partial charge in [0.1, 0.15) is 6.10 Å². The first-order valence-electron chi connectivity index (χ1n) is 28.4. The molecule has 65 heavy (non-hydrogen) atoms. The highest BCUT2D eigenvalue weighted by Crippen LogP contribution is 2.18. The minimum atomic E-state index is -0.792. The zero-order chi connectivity index (χ0) is 47.4. The van der Waals surface area contributed by atoms with Crippen LogP contribution in [-0.2, 0) is 14.3 Å². The molecule has 0 aromatic carbocycles. The number of hydrogen-bond donors (Lipinski definition) is 3. The molecule has 0 aliphatic carbocycles. The molecule has 0 aromatic heterocycles. The lowest BCUT2D eigenvalue weighted by Gasteiger charge is -2.24. The van der Waals surface area contributed by atoms with E-state index in [0.29, 0.717) is 19.3 Å². The van der Waals surface area contributed by atoms with Crippen molar-refractivity contribution in [2.45, 2.75) is 309 Å². The second-order valence-corrected chi connectivity index (χ2v) is 19.4. The molecule has 0 saturated carbocycles. The van der Waals surface area contributed by atoms with Crippen LogP contribution in [0.5, 0.6) is 0 Å². The van der Waals surface area contributed by atoms with Crippen molar-refractivity contribution in [1.82, 2.24) is 5.32 Å². The molecule has 0 radical (unpaired) electrons. The summed E-state index contributed by atoms with van der Waals surface area (Å²) in [5.74, 6) is -0.490. The van der Waals surface area contributed by atoms with Gasteiger partial charge in [-0.25, -0.2) is 0 Å². The van der Waals surface area contributed by atoms with Gasteiger partial charge in [-0.15, -0.1) is 0 Å². The Kier molecular flexibility index (Phi) is 51.0. The van der Waals surface area contributed by atoms with Crippen molar-refractivity contribution >= 4 is 11.9 Å². The van der Waals surface area contributed by atoms with Gasteiger partial charge in [0.15, 0.2) is 0 Å². The number of unbranched alkanes of at least 4 members (excludes halogenated alkanes) is 32. The monoisotopic (exact) mass is 912 g/mol. The third-order valence-corrected chi connectivity index (χ3v) is 12.9. The number of nitrogens with one attached hydrogen (secondary N) is 1. The molecule has 0 aliphatic heterocycles. The molecule has 0 saturated heterocycles. The predicted molar refractivity (Wildman–Crippen MR) is 282 cm³/mol. The third kappa shape index (κ3) is 48.1. The zero-order valence-corrected chi connectivity index (χ0v) is 43.4. The summed E-state index contributed by atoms with van der Waals surface area (Å²) < 4.78 is 5.95. The molecule has 1 amide bonds. The van der Waals surface area contributed by atoms with Gasteiger partial charge in [0, 0.05) is 6.42 Å². The van der Waals surface area contributed by atoms with Crippen molar-refractivity contribution < 1.29 is 24.5 Å². The molecule has 0 aromatic rings. The Balaban J connectivity index is 4.60. The number of carbonyl (C=O) groups is 2. The van der Waals surface area contributed by atoms with E-state index in [-0.39, 0.29) is 24.9 Å². The number of ether oxygens (including phenoxy) is 1. The molecule has 0 rings (SSSR count). The van der Waals surface area contributed by atoms with Crippen LogP contribution in [0.3, 0.4) is 0 Å². The molecule has 3 N–H and O–H groups in total. The fourth-order valence-electron chi connectivity index (χ4n) is 8.57. The zero-order valence-electron chi connectivity index (χ0n) is 43.4. The smallest absolute Gasteiger partial charge is 0.306 e. The Hall–Kier alpha value is -2.18. The summed E-state index contributed by atoms with van der Waals surface area (Å²) in [6.07, 6.45) is 64.6. The van der Waals surface area contributed by atoms with E-state index >= 15 is 0 Å². The van der Waals surface area contributed by atoms with Crippen molar-refractivity contribution in [3.63, 3.8) is 0 Å². The van der Waals surface area contributed by atoms with Crippen molar-refractivity contribution in [3.8, 4) is 0 Å². The summed E-state index contributed by atoms with van der Waals surface area (Å²) in [5, 5.41) is 23.8. The summed E-state index contributed by atoms with van der Waals surface area (Å²) in [6.45, 7) is 6.46. The minimum Gasteiger partial charge on any atom is -0.462 e. The first-order chi connectivity index (χ1) is 32.0. The average molecular weight is 913 g/mol. The highest BCUT2D eigenvalue weighted by atomic mass is 16.5. The highest BCUT2D eigenvalue weighted by Gasteiger charge is 2.24. The van der Waals surface area contributed by atoms with Gasteiger partial charge in [0.2, 0.25) is 5.91 Å². The molecule has 0 aliphatic rings. The lowest BCUT2D eigenvalue weighted by Crippen LogP contribution is -2.46. The van der Waals surface area contributed by atoms with Crippen LogP contribution in [0, 0.1) is 0 Å². The maximum Gasteiger partial charge on any atom is 0.306 e. The van der Waals surface area contributed by atoms with Gasteiger partial charge in [0.05, 0.1) is 25.2 Å². The van der Waals surface area contributed by atoms with Crippen LogP contribution < -0.4 is 5.32 Å². The van der Waals surface area contributed by atoms with Gasteiger partial charge in [-0.3, -0.25) is 9.59 Å². The Morgan fingerprint density at radius 1 is 0.462 bits per heavy atom. The maximum absolute atomic E-state index is 13.2. The Bertz CT molecular complexity index is 1110. The second kappa shape index (κ2) is 52.8. The topological polar surface area (TPSA) is 95.9 Å². The lowest BCUT2D eigenvalue weighted by atomic mass is 10.0. The fourth-order valence-corrected chi connectivity index (χ4v) is 8.57. The van der Waals surface area contributed by atoms with Crippen LogP contribution in [0.2, 0.25) is 0 Å². The van der Waals surface area contributed by atoms with E-state index in [4.69, 9.17) is 4.74 Å². The summed E-state index contributed by atoms with van der Waals surface area (Å²) in [4.78, 5) is 26.2. The van der Waals surface area contributed by atoms with Gasteiger partial charge in [0.25, 0.3) is 0 Å². The van der Waals surface area contributed by atoms with Crippen LogP contribution >= 0.6 is 0 Å². The standard InChI is InChI=1S/C59H109NO5/c1-4-7-10-13-16-19-22-24-26-28-30-32-34-37-40-43-46-49-52-59(64)65-55(50-47-44-41-38-36-33-31-29-27-25-23-20-17-14-11-8-5-2)53-58(63)60-56(54-61)57(62)51-48-45-42-39-35-21-18-15-12-9-6-3/h17,20,25-28,30,32,55-57,61-62H,4-16,18-19,21-24,29,31,33-54H2,1-3H3,(H,60,63)/b20-17-,27-25-,28-26+,32-30+. The number of aliphatic hydroxyl groups is 2. The molecule has 0 heterocycles. The van der Waals surface area contributed by atoms with Gasteiger partial charge < -0.3 is 20.3 Å². The van der Waals surface area contributed by atoms with E-state index in [9.17, 15) is 19.8 Å². The van der Waals surface area contributed by atoms with E-state index < -0.39 is 18.2 Å². The first kappa shape index (κ1) is 62.8. The van der Waals surface area contributed by atoms with Crippen LogP contribution in [-0.4, -0.2) is 46.9 Å². The number of amides is 1. The van der Waals surface area contributed by atoms with Gasteiger partial charge in [-0.1, -0.05) is 243 Å². The fraction of sp³-hybridized carbons (Fsp3) is 0.831. The van der Waals surface area contributed by atoms with E-state index in [0.717, 1.165) is 83.5 Å². The van der Waals surface area contributed by atoms with E-state index in [2.05, 4.69) is 74.7 Å². The molecule has 0 fully saturated rings. The molecule has 0 spiro atoms. The molecule has 6 nitrogen and oxygen atoms in total. The van der Waals surface area contributed by atoms with E-state index in [1.807, 2.05) is 0 Å². The number of esters is 1. The quantitative estimate of drug-likeness (QED) is 0.0245. The summed E-state index contributed by atoms with van der Waals surface area (Å²) >= 11 is 0. The van der Waals surface area contributed by atoms with Crippen molar-refractivity contribution in [3.05, 3.63) is 48.6 Å². The van der Waals surface area contributed by atoms with Crippen molar-refractivity contribution in [1.29, 1.82) is 0 Å². The van der Waals surface area contributed by atoms with Gasteiger partial charge >= 0.3 is 5.97 Å². The highest BCUT2D eigenvalue weighted by molar-refractivity contribution is 5.77. The Labute approximate surface area is 404 Å². The second-order valence-electron chi connectivity index (χ2n) is 19.4. The maximum atomic E-state index is 13.2. The molecule has 6 heteroatoms. The normalized spacial score (nSPS) is 13.5. The SMILES string of the molecule is CCCCC/C=C\C/C=C\CCCCCCCCCC(CC(=O)NC(CO)C(O)CCCCCCCCCCCCC)OC(=O)CCCCCCC/C=C/C=C/CCCCCCCCC. The van der Waals surface area contributed by atoms with Crippen molar-refractivity contribution in [2.24, 2.45) is 0 Å². The summed E-state index contributed by atoms with van der Waals surface area (Å²) in [6, 6.07) is -0.707. The predicted octanol–water partition coefficient (Wildman–Crippen LogP) is 17.4. The lowest BCUT2D eigenvalue weighted by molar-refractivity contribution is -0.151. The van der Waals surface area contributed by atoms with E-state index in [1.165, 1.54) is 161 Å². The van der Waals surface area contributed by atoms with Gasteiger partial charge in [-0.05, 0) is 83.5 Å². The number of carbonyl (C=O) groups excluding carboxylic acids is 2. The Morgan fingerprint density at radius 2 is 0.831 bits per heavy atom. The number of allylic oxidation sites excluding steroid dienone is 8. The van der Waals surface area contributed by atoms with Crippen molar-refractivity contribution in [2.75, 3.05) is 6.61 Å². The van der Waals surface area contributed by atoms with Crippen LogP contribution in [0.1, 0.15) is 290 Å². The van der Waals surface area contributed by atoms with Crippen LogP contribution in [0.25, 0.3) is 0 Å². The molecular formula is C59H109NO5. The number of hydrogen-bond acceptors (Lipinski definition) is 5. The average Bonchev–Trinajstić information content (AvgIpc) is 3.30. The molecule has 3 unspecified atom stereocenters. The number of rotatable bonds is 51. The summed E-state index contributed by atoms with van der Waals surface area (Å²) in [5.41, 5.74) is 0. The van der Waals surface area contributed by atoms with Crippen LogP contribution in [0.4, 0.5) is 0 Å². The summed E-state index contributed by atoms with van der Waals surface area (Å²) in [7, 11) is 0. The first-order valence-corrected chi connectivity index (χ1v) is 28.4. The third-order valence-electron chi connectivity index (χ3n) is 12.9. The Morgan fingerprint density at radius 3 is 1.29 bits per heavy atom. The molecule has 380 valence electrons. The van der Waals surface area contributed by atoms with Gasteiger partial charge in [-0.2, -0.15) is 0 Å². The largest absolute Gasteiger partial charge is 0.462 e. The molecule has 0 bridgehead atoms. The van der Waals surface area contributed by atoms with Crippen LogP contribution in [0.15, 0.2) is 48.6 Å². The van der Waals surface area contributed by atoms with E-state index in [1.54, 1.807) is 0 Å². The number of aliphatic hydroxyl groups excluding tert-OH is 2.